The van der Waals surface area contributed by atoms with Crippen molar-refractivity contribution < 1.29 is 19.5 Å². The molecule has 1 aliphatic rings. The molecular formula is C25H45N3O4. The highest BCUT2D eigenvalue weighted by Gasteiger charge is 2.39. The minimum atomic E-state index is -0.999. The Bertz CT molecular complexity index is 699. The number of amides is 2. The molecule has 7 nitrogen and oxygen atoms in total. The Labute approximate surface area is 194 Å². The van der Waals surface area contributed by atoms with Crippen LogP contribution in [-0.2, 0) is 14.4 Å². The molecule has 3 atom stereocenters. The van der Waals surface area contributed by atoms with E-state index in [1.165, 1.54) is 6.92 Å². The zero-order chi connectivity index (χ0) is 24.8. The van der Waals surface area contributed by atoms with Crippen molar-refractivity contribution in [1.82, 2.24) is 15.1 Å². The third-order valence-corrected chi connectivity index (χ3v) is 6.91. The third kappa shape index (κ3) is 7.06. The van der Waals surface area contributed by atoms with Gasteiger partial charge in [-0.05, 0) is 58.4 Å². The number of hydrogen-bond donors (Lipinski definition) is 2. The molecule has 32 heavy (non-hydrogen) atoms. The van der Waals surface area contributed by atoms with Gasteiger partial charge in [0, 0.05) is 18.2 Å². The van der Waals surface area contributed by atoms with Crippen molar-refractivity contribution in [2.45, 2.75) is 105 Å². The second-order valence-electron chi connectivity index (χ2n) is 10.4. The van der Waals surface area contributed by atoms with Gasteiger partial charge < -0.3 is 15.3 Å². The molecule has 1 aliphatic heterocycles. The first-order valence-electron chi connectivity index (χ1n) is 12.0. The Morgan fingerprint density at radius 1 is 1.16 bits per heavy atom. The number of piperidine rings is 1. The molecular weight excluding hydrogens is 406 g/mol. The average Bonchev–Trinajstić information content (AvgIpc) is 2.73. The van der Waals surface area contributed by atoms with Crippen molar-refractivity contribution in [2.75, 3.05) is 13.6 Å². The summed E-state index contributed by atoms with van der Waals surface area (Å²) in [6.45, 7) is 16.6. The molecule has 1 unspecified atom stereocenters. The average molecular weight is 452 g/mol. The second-order valence-corrected chi connectivity index (χ2v) is 10.4. The number of carboxylic acid groups (broad SMARTS) is 1. The van der Waals surface area contributed by atoms with Crippen LogP contribution in [0, 0.1) is 11.8 Å². The van der Waals surface area contributed by atoms with E-state index in [0.717, 1.165) is 32.2 Å². The Hall–Kier alpha value is -1.89. The van der Waals surface area contributed by atoms with Gasteiger partial charge in [-0.15, -0.1) is 0 Å². The van der Waals surface area contributed by atoms with E-state index >= 15 is 0 Å². The van der Waals surface area contributed by atoms with E-state index in [4.69, 9.17) is 0 Å². The van der Waals surface area contributed by atoms with Gasteiger partial charge in [-0.25, -0.2) is 4.79 Å². The van der Waals surface area contributed by atoms with E-state index in [2.05, 4.69) is 31.0 Å². The molecule has 1 saturated heterocycles. The first-order chi connectivity index (χ1) is 14.7. The summed E-state index contributed by atoms with van der Waals surface area (Å²) in [5.41, 5.74) is 0.117. The fourth-order valence-corrected chi connectivity index (χ4v) is 4.34. The molecule has 0 saturated carbocycles. The maximum atomic E-state index is 13.5. The van der Waals surface area contributed by atoms with Crippen molar-refractivity contribution in [2.24, 2.45) is 11.8 Å². The molecule has 2 amide bonds. The summed E-state index contributed by atoms with van der Waals surface area (Å²) in [4.78, 5) is 42.0. The largest absolute Gasteiger partial charge is 0.478 e. The SMILES string of the molecule is CCC(C)(C)N1CCCCC1C(=O)N[C@H](C(=O)N(C)[C@H](C=C(C)C(=O)O)C(C)C)C(C)C. The maximum Gasteiger partial charge on any atom is 0.331 e. The molecule has 1 fully saturated rings. The standard InChI is InChI=1S/C25H45N3O4/c1-10-25(7,8)28-14-12-11-13-19(28)22(29)26-21(17(4)5)23(30)27(9)20(16(2)3)15-18(6)24(31)32/h15-17,19-21H,10-14H2,1-9H3,(H,26,29)(H,31,32)/t19?,20-,21+/m1/s1. The Morgan fingerprint density at radius 2 is 1.75 bits per heavy atom. The quantitative estimate of drug-likeness (QED) is 0.495. The predicted octanol–water partition coefficient (Wildman–Crippen LogP) is 3.68. The van der Waals surface area contributed by atoms with Crippen LogP contribution in [0.4, 0.5) is 0 Å². The molecule has 184 valence electrons. The van der Waals surface area contributed by atoms with Crippen LogP contribution in [0.5, 0.6) is 0 Å². The monoisotopic (exact) mass is 451 g/mol. The van der Waals surface area contributed by atoms with Gasteiger partial charge in [-0.3, -0.25) is 14.5 Å². The second kappa shape index (κ2) is 11.8. The molecule has 0 aromatic carbocycles. The first-order valence-corrected chi connectivity index (χ1v) is 12.0. The number of likely N-dealkylation sites (tertiary alicyclic amines) is 1. The lowest BCUT2D eigenvalue weighted by molar-refractivity contribution is -0.141. The molecule has 2 N–H and O–H groups in total. The molecule has 7 heteroatoms. The number of aliphatic carboxylic acids is 1. The van der Waals surface area contributed by atoms with Crippen molar-refractivity contribution in [3.63, 3.8) is 0 Å². The van der Waals surface area contributed by atoms with Crippen LogP contribution in [0.2, 0.25) is 0 Å². The molecule has 0 spiro atoms. The summed E-state index contributed by atoms with van der Waals surface area (Å²) in [5, 5.41) is 12.3. The first kappa shape index (κ1) is 28.1. The predicted molar refractivity (Wildman–Crippen MR) is 128 cm³/mol. The van der Waals surface area contributed by atoms with Gasteiger partial charge in [0.05, 0.1) is 12.1 Å². The fraction of sp³-hybridized carbons (Fsp3) is 0.800. The van der Waals surface area contributed by atoms with Crippen LogP contribution >= 0.6 is 0 Å². The number of rotatable bonds is 10. The van der Waals surface area contributed by atoms with Crippen molar-refractivity contribution >= 4 is 17.8 Å². The van der Waals surface area contributed by atoms with Crippen molar-refractivity contribution in [3.8, 4) is 0 Å². The van der Waals surface area contributed by atoms with Crippen LogP contribution in [0.3, 0.4) is 0 Å². The number of nitrogens with one attached hydrogen (secondary N) is 1. The highest BCUT2D eigenvalue weighted by Crippen LogP contribution is 2.28. The minimum Gasteiger partial charge on any atom is -0.478 e. The maximum absolute atomic E-state index is 13.5. The van der Waals surface area contributed by atoms with Crippen LogP contribution < -0.4 is 5.32 Å². The van der Waals surface area contributed by atoms with Gasteiger partial charge >= 0.3 is 5.97 Å². The van der Waals surface area contributed by atoms with Crippen LogP contribution in [0.15, 0.2) is 11.6 Å². The van der Waals surface area contributed by atoms with Gasteiger partial charge in [0.2, 0.25) is 11.8 Å². The van der Waals surface area contributed by atoms with Crippen molar-refractivity contribution in [3.05, 3.63) is 11.6 Å². The van der Waals surface area contributed by atoms with E-state index in [1.54, 1.807) is 18.0 Å². The lowest BCUT2D eigenvalue weighted by atomic mass is 9.90. The van der Waals surface area contributed by atoms with Crippen LogP contribution in [-0.4, -0.2) is 69.9 Å². The molecule has 0 aliphatic carbocycles. The number of hydrogen-bond acceptors (Lipinski definition) is 4. The summed E-state index contributed by atoms with van der Waals surface area (Å²) in [6.07, 6.45) is 5.44. The molecule has 1 rings (SSSR count). The Balaban J connectivity index is 3.11. The normalized spacial score (nSPS) is 20.2. The van der Waals surface area contributed by atoms with E-state index in [-0.39, 0.29) is 46.8 Å². The smallest absolute Gasteiger partial charge is 0.331 e. The van der Waals surface area contributed by atoms with Gasteiger partial charge in [0.25, 0.3) is 0 Å². The topological polar surface area (TPSA) is 90.0 Å². The molecule has 0 aromatic heterocycles. The number of nitrogens with zero attached hydrogens (tertiary/aromatic N) is 2. The summed E-state index contributed by atoms with van der Waals surface area (Å²) in [5.74, 6) is -1.35. The summed E-state index contributed by atoms with van der Waals surface area (Å²) in [6, 6.07) is -1.28. The highest BCUT2D eigenvalue weighted by molar-refractivity contribution is 5.90. The lowest BCUT2D eigenvalue weighted by Gasteiger charge is -2.45. The summed E-state index contributed by atoms with van der Waals surface area (Å²) in [7, 11) is 1.69. The van der Waals surface area contributed by atoms with Crippen LogP contribution in [0.25, 0.3) is 0 Å². The third-order valence-electron chi connectivity index (χ3n) is 6.91. The minimum absolute atomic E-state index is 0.0287. The molecule has 1 heterocycles. The van der Waals surface area contributed by atoms with Gasteiger partial charge in [-0.1, -0.05) is 47.1 Å². The fourth-order valence-electron chi connectivity index (χ4n) is 4.34. The van der Waals surface area contributed by atoms with Gasteiger partial charge in [0.1, 0.15) is 6.04 Å². The van der Waals surface area contributed by atoms with E-state index < -0.39 is 12.0 Å². The number of likely N-dealkylation sites (N-methyl/N-ethyl adjacent to an activating group) is 1. The lowest BCUT2D eigenvalue weighted by Crippen LogP contribution is -2.61. The van der Waals surface area contributed by atoms with E-state index in [0.29, 0.717) is 0 Å². The van der Waals surface area contributed by atoms with Crippen molar-refractivity contribution in [1.29, 1.82) is 0 Å². The molecule has 0 radical (unpaired) electrons. The summed E-state index contributed by atoms with van der Waals surface area (Å²) >= 11 is 0. The van der Waals surface area contributed by atoms with Crippen LogP contribution in [0.1, 0.15) is 81.1 Å². The number of carboxylic acids is 1. The zero-order valence-electron chi connectivity index (χ0n) is 21.6. The molecule has 0 aromatic rings. The Morgan fingerprint density at radius 3 is 2.22 bits per heavy atom. The van der Waals surface area contributed by atoms with Gasteiger partial charge in [-0.2, -0.15) is 0 Å². The highest BCUT2D eigenvalue weighted by atomic mass is 16.4. The number of carbonyl (C=O) groups is 3. The molecule has 0 bridgehead atoms. The van der Waals surface area contributed by atoms with E-state index in [9.17, 15) is 19.5 Å². The zero-order valence-corrected chi connectivity index (χ0v) is 21.6. The number of carbonyl (C=O) groups excluding carboxylic acids is 2. The summed E-state index contributed by atoms with van der Waals surface area (Å²) < 4.78 is 0. The van der Waals surface area contributed by atoms with E-state index in [1.807, 2.05) is 27.7 Å². The Kier molecular flexibility index (Phi) is 10.4. The van der Waals surface area contributed by atoms with Gasteiger partial charge in [0.15, 0.2) is 0 Å².